The SMILES string of the molecule is O=C(c1cccc(F)c1)N(OC(=O)C(F)(F)F)c1cccc(-c2ccnc3cc(-c4ccncc4)nn23)c1. The molecule has 12 heteroatoms. The maximum absolute atomic E-state index is 13.7. The molecule has 3 aromatic heterocycles. The molecule has 0 aliphatic heterocycles. The summed E-state index contributed by atoms with van der Waals surface area (Å²) in [6.45, 7) is 0. The summed E-state index contributed by atoms with van der Waals surface area (Å²) in [6, 6.07) is 16.9. The fourth-order valence-corrected chi connectivity index (χ4v) is 3.65. The molecule has 190 valence electrons. The lowest BCUT2D eigenvalue weighted by Crippen LogP contribution is -2.38. The van der Waals surface area contributed by atoms with Crippen LogP contribution in [0.5, 0.6) is 0 Å². The molecule has 5 rings (SSSR count). The second-order valence-corrected chi connectivity index (χ2v) is 7.90. The Labute approximate surface area is 211 Å². The first-order chi connectivity index (χ1) is 18.2. The highest BCUT2D eigenvalue weighted by atomic mass is 19.4. The van der Waals surface area contributed by atoms with Crippen LogP contribution in [0.15, 0.2) is 91.4 Å². The Hall–Kier alpha value is -5.13. The van der Waals surface area contributed by atoms with Crippen molar-refractivity contribution < 1.29 is 32.0 Å². The quantitative estimate of drug-likeness (QED) is 0.237. The van der Waals surface area contributed by atoms with E-state index in [0.29, 0.717) is 22.6 Å². The molecule has 0 aliphatic carbocycles. The number of fused-ring (bicyclic) bond motifs is 1. The molecule has 1 amide bonds. The highest BCUT2D eigenvalue weighted by molar-refractivity contribution is 6.06. The number of carbonyl (C=O) groups is 2. The molecule has 0 radical (unpaired) electrons. The molecule has 0 N–H and O–H groups in total. The number of hydrogen-bond acceptors (Lipinski definition) is 6. The summed E-state index contributed by atoms with van der Waals surface area (Å²) < 4.78 is 54.3. The van der Waals surface area contributed by atoms with Crippen LogP contribution in [0.1, 0.15) is 10.4 Å². The first kappa shape index (κ1) is 24.6. The highest BCUT2D eigenvalue weighted by Crippen LogP contribution is 2.29. The Morgan fingerprint density at radius 3 is 2.37 bits per heavy atom. The molecule has 0 bridgehead atoms. The van der Waals surface area contributed by atoms with Gasteiger partial charge in [-0.2, -0.15) is 18.3 Å². The van der Waals surface area contributed by atoms with Crippen molar-refractivity contribution >= 4 is 23.2 Å². The van der Waals surface area contributed by atoms with Crippen LogP contribution in [-0.2, 0) is 9.63 Å². The average molecular weight is 521 g/mol. The van der Waals surface area contributed by atoms with E-state index >= 15 is 0 Å². The minimum atomic E-state index is -5.38. The summed E-state index contributed by atoms with van der Waals surface area (Å²) in [4.78, 5) is 37.5. The molecule has 0 fully saturated rings. The van der Waals surface area contributed by atoms with E-state index in [1.807, 2.05) is 0 Å². The van der Waals surface area contributed by atoms with E-state index in [0.717, 1.165) is 17.7 Å². The second-order valence-electron chi connectivity index (χ2n) is 7.90. The zero-order valence-electron chi connectivity index (χ0n) is 19.1. The maximum Gasteiger partial charge on any atom is 0.493 e. The Balaban J connectivity index is 1.58. The monoisotopic (exact) mass is 521 g/mol. The molecule has 5 aromatic rings. The molecule has 0 aliphatic rings. The molecule has 0 saturated heterocycles. The number of pyridine rings is 1. The van der Waals surface area contributed by atoms with Gasteiger partial charge in [0.05, 0.1) is 17.1 Å². The van der Waals surface area contributed by atoms with Crippen LogP contribution in [0.3, 0.4) is 0 Å². The predicted octanol–water partition coefficient (Wildman–Crippen LogP) is 5.26. The van der Waals surface area contributed by atoms with Gasteiger partial charge in [-0.25, -0.2) is 18.7 Å². The number of nitrogens with zero attached hydrogens (tertiary/aromatic N) is 5. The number of anilines is 1. The van der Waals surface area contributed by atoms with Gasteiger partial charge >= 0.3 is 12.1 Å². The zero-order chi connectivity index (χ0) is 26.9. The minimum Gasteiger partial charge on any atom is -0.324 e. The van der Waals surface area contributed by atoms with Crippen molar-refractivity contribution in [2.75, 3.05) is 5.06 Å². The van der Waals surface area contributed by atoms with E-state index in [9.17, 15) is 27.2 Å². The molecular weight excluding hydrogens is 506 g/mol. The van der Waals surface area contributed by atoms with Crippen molar-refractivity contribution in [3.63, 3.8) is 0 Å². The summed E-state index contributed by atoms with van der Waals surface area (Å²) in [6.07, 6.45) is -0.629. The topological polar surface area (TPSA) is 89.7 Å². The van der Waals surface area contributed by atoms with E-state index in [2.05, 4.69) is 19.9 Å². The number of halogens is 4. The summed E-state index contributed by atoms with van der Waals surface area (Å²) in [5.41, 5.74) is 2.24. The maximum atomic E-state index is 13.7. The van der Waals surface area contributed by atoms with Gasteiger partial charge in [-0.05, 0) is 48.5 Å². The minimum absolute atomic E-state index is 0.179. The second kappa shape index (κ2) is 9.73. The molecule has 0 atom stereocenters. The van der Waals surface area contributed by atoms with Crippen molar-refractivity contribution in [2.24, 2.45) is 0 Å². The van der Waals surface area contributed by atoms with Gasteiger partial charge in [-0.1, -0.05) is 18.2 Å². The van der Waals surface area contributed by atoms with Crippen LogP contribution in [0.2, 0.25) is 0 Å². The van der Waals surface area contributed by atoms with Crippen LogP contribution in [-0.4, -0.2) is 37.6 Å². The molecule has 2 aromatic carbocycles. The Morgan fingerprint density at radius 2 is 1.63 bits per heavy atom. The van der Waals surface area contributed by atoms with Gasteiger partial charge in [0.15, 0.2) is 5.65 Å². The Morgan fingerprint density at radius 1 is 0.868 bits per heavy atom. The van der Waals surface area contributed by atoms with Crippen LogP contribution in [0.4, 0.5) is 23.2 Å². The van der Waals surface area contributed by atoms with Crippen LogP contribution >= 0.6 is 0 Å². The number of alkyl halides is 3. The molecule has 0 saturated carbocycles. The van der Waals surface area contributed by atoms with Gasteiger partial charge in [-0.15, -0.1) is 5.06 Å². The fourth-order valence-electron chi connectivity index (χ4n) is 3.65. The normalized spacial score (nSPS) is 11.4. The van der Waals surface area contributed by atoms with E-state index < -0.39 is 23.9 Å². The number of benzene rings is 2. The van der Waals surface area contributed by atoms with E-state index in [4.69, 9.17) is 0 Å². The van der Waals surface area contributed by atoms with E-state index in [1.54, 1.807) is 42.7 Å². The van der Waals surface area contributed by atoms with Gasteiger partial charge < -0.3 is 4.84 Å². The first-order valence-electron chi connectivity index (χ1n) is 11.0. The third-order valence-corrected chi connectivity index (χ3v) is 5.37. The third kappa shape index (κ3) is 4.91. The molecule has 38 heavy (non-hydrogen) atoms. The first-order valence-corrected chi connectivity index (χ1v) is 11.0. The van der Waals surface area contributed by atoms with Gasteiger partial charge in [0.2, 0.25) is 0 Å². The van der Waals surface area contributed by atoms with Crippen molar-refractivity contribution in [1.82, 2.24) is 19.6 Å². The number of hydrogen-bond donors (Lipinski definition) is 0. The molecule has 8 nitrogen and oxygen atoms in total. The van der Waals surface area contributed by atoms with Gasteiger partial charge in [0.25, 0.3) is 5.91 Å². The zero-order valence-corrected chi connectivity index (χ0v) is 19.1. The largest absolute Gasteiger partial charge is 0.493 e. The summed E-state index contributed by atoms with van der Waals surface area (Å²) in [5.74, 6) is -4.60. The van der Waals surface area contributed by atoms with Crippen molar-refractivity contribution in [2.45, 2.75) is 6.18 Å². The van der Waals surface area contributed by atoms with Gasteiger partial charge in [-0.3, -0.25) is 9.78 Å². The van der Waals surface area contributed by atoms with Gasteiger partial charge in [0, 0.05) is 41.3 Å². The Bertz CT molecular complexity index is 1650. The van der Waals surface area contributed by atoms with Crippen molar-refractivity contribution in [1.29, 1.82) is 0 Å². The number of carbonyl (C=O) groups excluding carboxylic acids is 2. The van der Waals surface area contributed by atoms with Gasteiger partial charge in [0.1, 0.15) is 5.82 Å². The van der Waals surface area contributed by atoms with E-state index in [-0.39, 0.29) is 16.3 Å². The highest BCUT2D eigenvalue weighted by Gasteiger charge is 2.44. The molecule has 0 unspecified atom stereocenters. The smallest absolute Gasteiger partial charge is 0.324 e. The third-order valence-electron chi connectivity index (χ3n) is 5.37. The lowest BCUT2D eigenvalue weighted by molar-refractivity contribution is -0.199. The number of hydroxylamine groups is 1. The number of aromatic nitrogens is 4. The fraction of sp³-hybridized carbons (Fsp3) is 0.0385. The lowest BCUT2D eigenvalue weighted by atomic mass is 10.1. The standard InChI is InChI=1S/C26H15F4N5O3/c27-19-5-1-4-18(13-19)24(36)35(38-25(37)26(28,29)30)20-6-2-3-17(14-20)22-9-12-32-23-15-21(33-34(22)23)16-7-10-31-11-8-16/h1-15H. The number of rotatable bonds is 4. The lowest BCUT2D eigenvalue weighted by Gasteiger charge is -2.22. The van der Waals surface area contributed by atoms with Crippen molar-refractivity contribution in [3.8, 4) is 22.5 Å². The summed E-state index contributed by atoms with van der Waals surface area (Å²) >= 11 is 0. The Kier molecular flexibility index (Phi) is 6.29. The molecular formula is C26H15F4N5O3. The number of amides is 1. The van der Waals surface area contributed by atoms with Crippen LogP contribution in [0.25, 0.3) is 28.2 Å². The summed E-state index contributed by atoms with van der Waals surface area (Å²) in [5, 5.41) is 4.76. The molecule has 3 heterocycles. The predicted molar refractivity (Wildman–Crippen MR) is 127 cm³/mol. The summed E-state index contributed by atoms with van der Waals surface area (Å²) in [7, 11) is 0. The molecule has 0 spiro atoms. The average Bonchev–Trinajstić information content (AvgIpc) is 3.36. The van der Waals surface area contributed by atoms with Crippen LogP contribution in [0, 0.1) is 5.82 Å². The van der Waals surface area contributed by atoms with E-state index in [1.165, 1.54) is 41.0 Å². The van der Waals surface area contributed by atoms with Crippen LogP contribution < -0.4 is 5.06 Å². The van der Waals surface area contributed by atoms with Crippen molar-refractivity contribution in [3.05, 3.63) is 103 Å².